The number of hydrogen-bond donors (Lipinski definition) is 0. The van der Waals surface area contributed by atoms with Crippen molar-refractivity contribution in [3.63, 3.8) is 0 Å². The summed E-state index contributed by atoms with van der Waals surface area (Å²) in [6, 6.07) is 7.68. The zero-order valence-corrected chi connectivity index (χ0v) is 8.78. The minimum atomic E-state index is 0.0291. The van der Waals surface area contributed by atoms with Crippen molar-refractivity contribution in [3.8, 4) is 0 Å². The van der Waals surface area contributed by atoms with Crippen LogP contribution in [0.3, 0.4) is 0 Å². The zero-order valence-electron chi connectivity index (χ0n) is 8.02. The highest BCUT2D eigenvalue weighted by molar-refractivity contribution is 6.30. The Bertz CT molecular complexity index is 398. The van der Waals surface area contributed by atoms with Gasteiger partial charge in [0.25, 0.3) is 0 Å². The maximum absolute atomic E-state index is 5.82. The van der Waals surface area contributed by atoms with E-state index < -0.39 is 0 Å². The monoisotopic (exact) mass is 223 g/mol. The Morgan fingerprint density at radius 1 is 1.20 bits per heavy atom. The van der Waals surface area contributed by atoms with Crippen molar-refractivity contribution >= 4 is 17.3 Å². The molecular formula is C11H10ClNO2. The minimum Gasteiger partial charge on any atom is -0.387 e. The van der Waals surface area contributed by atoms with Gasteiger partial charge in [0, 0.05) is 11.4 Å². The van der Waals surface area contributed by atoms with Crippen molar-refractivity contribution in [3.05, 3.63) is 34.9 Å². The van der Waals surface area contributed by atoms with Crippen LogP contribution in [0, 0.1) is 0 Å². The third-order valence-electron chi connectivity index (χ3n) is 2.64. The molecule has 0 saturated carbocycles. The van der Waals surface area contributed by atoms with Crippen LogP contribution in [0.2, 0.25) is 5.02 Å². The highest BCUT2D eigenvalue weighted by Crippen LogP contribution is 2.31. The summed E-state index contributed by atoms with van der Waals surface area (Å²) in [4.78, 5) is 5.36. The highest BCUT2D eigenvalue weighted by Gasteiger charge is 2.35. The Morgan fingerprint density at radius 3 is 2.60 bits per heavy atom. The topological polar surface area (TPSA) is 34.1 Å². The van der Waals surface area contributed by atoms with E-state index in [0.29, 0.717) is 0 Å². The van der Waals surface area contributed by atoms with E-state index in [1.54, 1.807) is 0 Å². The lowest BCUT2D eigenvalue weighted by Gasteiger charge is -2.07. The fourth-order valence-electron chi connectivity index (χ4n) is 1.68. The Kier molecular flexibility index (Phi) is 2.15. The van der Waals surface area contributed by atoms with E-state index in [2.05, 4.69) is 5.16 Å². The van der Waals surface area contributed by atoms with Crippen LogP contribution >= 0.6 is 11.6 Å². The van der Waals surface area contributed by atoms with Crippen molar-refractivity contribution in [1.82, 2.24) is 0 Å². The first-order valence-corrected chi connectivity index (χ1v) is 5.30. The Morgan fingerprint density at radius 2 is 1.93 bits per heavy atom. The van der Waals surface area contributed by atoms with Gasteiger partial charge >= 0.3 is 0 Å². The highest BCUT2D eigenvalue weighted by atomic mass is 35.5. The van der Waals surface area contributed by atoms with Crippen molar-refractivity contribution in [2.45, 2.75) is 18.6 Å². The van der Waals surface area contributed by atoms with Crippen LogP contribution in [0.15, 0.2) is 29.4 Å². The van der Waals surface area contributed by atoms with E-state index >= 15 is 0 Å². The van der Waals surface area contributed by atoms with Crippen LogP contribution in [0.4, 0.5) is 0 Å². The van der Waals surface area contributed by atoms with Crippen LogP contribution in [0.5, 0.6) is 0 Å². The minimum absolute atomic E-state index is 0.0291. The molecule has 0 N–H and O–H groups in total. The largest absolute Gasteiger partial charge is 0.387 e. The van der Waals surface area contributed by atoms with Gasteiger partial charge in [-0.2, -0.15) is 0 Å². The molecule has 4 heteroatoms. The van der Waals surface area contributed by atoms with Gasteiger partial charge in [-0.3, -0.25) is 0 Å². The molecule has 2 aliphatic heterocycles. The molecule has 3 nitrogen and oxygen atoms in total. The Balaban J connectivity index is 1.72. The van der Waals surface area contributed by atoms with Gasteiger partial charge in [-0.25, -0.2) is 0 Å². The summed E-state index contributed by atoms with van der Waals surface area (Å²) in [6.07, 6.45) is 1.07. The van der Waals surface area contributed by atoms with Gasteiger partial charge in [0.05, 0.1) is 12.3 Å². The molecule has 0 amide bonds. The molecule has 15 heavy (non-hydrogen) atoms. The third kappa shape index (κ3) is 1.85. The van der Waals surface area contributed by atoms with E-state index in [9.17, 15) is 0 Å². The Hall–Kier alpha value is -1.06. The number of epoxide rings is 1. The second-order valence-electron chi connectivity index (χ2n) is 3.75. The number of hydrogen-bond acceptors (Lipinski definition) is 3. The summed E-state index contributed by atoms with van der Waals surface area (Å²) < 4.78 is 5.16. The van der Waals surface area contributed by atoms with E-state index in [1.165, 1.54) is 0 Å². The summed E-state index contributed by atoms with van der Waals surface area (Å²) in [5.74, 6) is 0. The van der Waals surface area contributed by atoms with Crippen molar-refractivity contribution in [1.29, 1.82) is 0 Å². The standard InChI is InChI=1S/C11H10ClNO2/c12-8-3-1-7(2-4-8)10-5-9(13-15-10)11-6-14-11/h1-4,10-11H,5-6H2/t10-,11+/m1/s1. The number of halogens is 1. The normalized spacial score (nSPS) is 28.5. The molecule has 3 rings (SSSR count). The fourth-order valence-corrected chi connectivity index (χ4v) is 1.81. The van der Waals surface area contributed by atoms with Gasteiger partial charge in [0.2, 0.25) is 0 Å². The third-order valence-corrected chi connectivity index (χ3v) is 2.89. The molecule has 0 unspecified atom stereocenters. The lowest BCUT2D eigenvalue weighted by atomic mass is 10.0. The molecule has 1 fully saturated rings. The van der Waals surface area contributed by atoms with Gasteiger partial charge < -0.3 is 9.57 Å². The summed E-state index contributed by atoms with van der Waals surface area (Å²) in [5.41, 5.74) is 2.13. The number of ether oxygens (including phenoxy) is 1. The average Bonchev–Trinajstić information content (AvgIpc) is 2.99. The number of nitrogens with zero attached hydrogens (tertiary/aromatic N) is 1. The molecule has 0 spiro atoms. The van der Waals surface area contributed by atoms with Gasteiger partial charge in [-0.1, -0.05) is 28.9 Å². The van der Waals surface area contributed by atoms with E-state index in [4.69, 9.17) is 21.2 Å². The molecule has 2 aliphatic rings. The second kappa shape index (κ2) is 3.51. The molecular weight excluding hydrogens is 214 g/mol. The molecule has 1 aromatic rings. The van der Waals surface area contributed by atoms with Gasteiger partial charge in [0.1, 0.15) is 6.10 Å². The maximum atomic E-state index is 5.82. The average molecular weight is 224 g/mol. The van der Waals surface area contributed by atoms with Gasteiger partial charge in [-0.15, -0.1) is 0 Å². The van der Waals surface area contributed by atoms with Crippen LogP contribution in [-0.4, -0.2) is 18.4 Å². The molecule has 0 bridgehead atoms. The molecule has 1 aromatic carbocycles. The summed E-state index contributed by atoms with van der Waals surface area (Å²) in [7, 11) is 0. The summed E-state index contributed by atoms with van der Waals surface area (Å²) >= 11 is 5.82. The zero-order chi connectivity index (χ0) is 10.3. The molecule has 78 valence electrons. The van der Waals surface area contributed by atoms with Gasteiger partial charge in [-0.05, 0) is 17.7 Å². The van der Waals surface area contributed by atoms with Crippen LogP contribution in [0.1, 0.15) is 18.1 Å². The smallest absolute Gasteiger partial charge is 0.158 e. The molecule has 0 aromatic heterocycles. The van der Waals surface area contributed by atoms with Crippen LogP contribution in [0.25, 0.3) is 0 Å². The summed E-state index contributed by atoms with van der Waals surface area (Å²) in [5, 5.41) is 4.78. The summed E-state index contributed by atoms with van der Waals surface area (Å²) in [6.45, 7) is 0.787. The number of oxime groups is 1. The van der Waals surface area contributed by atoms with Crippen LogP contribution in [-0.2, 0) is 9.57 Å². The molecule has 2 atom stereocenters. The molecule has 2 heterocycles. The second-order valence-corrected chi connectivity index (χ2v) is 4.19. The molecule has 1 saturated heterocycles. The SMILES string of the molecule is Clc1ccc([C@H]2CC([C@@H]3CO3)=NO2)cc1. The number of rotatable bonds is 2. The van der Waals surface area contributed by atoms with Gasteiger partial charge in [0.15, 0.2) is 6.10 Å². The Labute approximate surface area is 92.6 Å². The fraction of sp³-hybridized carbons (Fsp3) is 0.364. The van der Waals surface area contributed by atoms with Crippen molar-refractivity contribution < 1.29 is 9.57 Å². The lowest BCUT2D eigenvalue weighted by molar-refractivity contribution is 0.0857. The van der Waals surface area contributed by atoms with Crippen molar-refractivity contribution in [2.75, 3.05) is 6.61 Å². The predicted octanol–water partition coefficient (Wildman–Crippen LogP) is 2.56. The first-order valence-electron chi connectivity index (χ1n) is 4.92. The maximum Gasteiger partial charge on any atom is 0.158 e. The van der Waals surface area contributed by atoms with E-state index in [0.717, 1.165) is 29.3 Å². The lowest BCUT2D eigenvalue weighted by Crippen LogP contribution is -2.05. The van der Waals surface area contributed by atoms with Crippen LogP contribution < -0.4 is 0 Å². The predicted molar refractivity (Wildman–Crippen MR) is 57.1 cm³/mol. The first-order chi connectivity index (χ1) is 7.33. The van der Waals surface area contributed by atoms with Crippen molar-refractivity contribution in [2.24, 2.45) is 5.16 Å². The van der Waals surface area contributed by atoms with E-state index in [1.807, 2.05) is 24.3 Å². The first kappa shape index (κ1) is 9.19. The quantitative estimate of drug-likeness (QED) is 0.723. The molecule has 0 aliphatic carbocycles. The van der Waals surface area contributed by atoms with E-state index in [-0.39, 0.29) is 12.2 Å². The molecule has 0 radical (unpaired) electrons. The number of benzene rings is 1.